The van der Waals surface area contributed by atoms with Gasteiger partial charge in [-0.1, -0.05) is 19.1 Å². The van der Waals surface area contributed by atoms with Crippen LogP contribution in [0.5, 0.6) is 0 Å². The van der Waals surface area contributed by atoms with Gasteiger partial charge < -0.3 is 20.6 Å². The Labute approximate surface area is 126 Å². The predicted molar refractivity (Wildman–Crippen MR) is 85.8 cm³/mol. The first-order valence-electron chi connectivity index (χ1n) is 7.70. The molecule has 5 heteroatoms. The largest absolute Gasteiger partial charge is 0.396 e. The third-order valence-electron chi connectivity index (χ3n) is 3.83. The molecule has 0 bridgehead atoms. The van der Waals surface area contributed by atoms with Crippen molar-refractivity contribution in [3.63, 3.8) is 0 Å². The molecule has 2 amide bonds. The van der Waals surface area contributed by atoms with Crippen LogP contribution in [0.2, 0.25) is 0 Å². The van der Waals surface area contributed by atoms with Crippen LogP contribution in [0.3, 0.4) is 0 Å². The number of rotatable bonds is 6. The highest BCUT2D eigenvalue weighted by Crippen LogP contribution is 2.28. The molecule has 1 aromatic carbocycles. The quantitative estimate of drug-likeness (QED) is 0.754. The summed E-state index contributed by atoms with van der Waals surface area (Å²) in [6.45, 7) is 4.83. The van der Waals surface area contributed by atoms with Gasteiger partial charge in [0.15, 0.2) is 0 Å². The molecule has 2 rings (SSSR count). The maximum absolute atomic E-state index is 12.0. The molecule has 1 aromatic rings. The first-order chi connectivity index (χ1) is 10.2. The Balaban J connectivity index is 1.91. The smallest absolute Gasteiger partial charge is 0.319 e. The lowest BCUT2D eigenvalue weighted by molar-refractivity contribution is 0.243. The maximum atomic E-state index is 12.0. The summed E-state index contributed by atoms with van der Waals surface area (Å²) in [5.74, 6) is 0.273. The highest BCUT2D eigenvalue weighted by Gasteiger charge is 2.16. The van der Waals surface area contributed by atoms with Crippen molar-refractivity contribution in [3.8, 4) is 0 Å². The Bertz CT molecular complexity index is 459. The van der Waals surface area contributed by atoms with Crippen LogP contribution in [0.4, 0.5) is 16.2 Å². The zero-order valence-corrected chi connectivity index (χ0v) is 12.6. The lowest BCUT2D eigenvalue weighted by atomic mass is 10.1. The van der Waals surface area contributed by atoms with Gasteiger partial charge in [0.1, 0.15) is 0 Å². The van der Waals surface area contributed by atoms with Crippen LogP contribution in [0.25, 0.3) is 0 Å². The molecular weight excluding hydrogens is 266 g/mol. The maximum Gasteiger partial charge on any atom is 0.319 e. The number of aliphatic hydroxyl groups is 1. The van der Waals surface area contributed by atoms with Gasteiger partial charge in [-0.2, -0.15) is 0 Å². The van der Waals surface area contributed by atoms with Crippen molar-refractivity contribution in [2.24, 2.45) is 5.92 Å². The second-order valence-corrected chi connectivity index (χ2v) is 5.66. The van der Waals surface area contributed by atoms with E-state index in [1.807, 2.05) is 25.1 Å². The van der Waals surface area contributed by atoms with Crippen LogP contribution in [-0.2, 0) is 0 Å². The number of aliphatic hydroxyl groups excluding tert-OH is 1. The number of nitrogens with one attached hydrogen (secondary N) is 2. The molecule has 1 heterocycles. The predicted octanol–water partition coefficient (Wildman–Crippen LogP) is 2.43. The zero-order chi connectivity index (χ0) is 15.1. The number of amides is 2. The van der Waals surface area contributed by atoms with Crippen LogP contribution in [0.1, 0.15) is 26.2 Å². The second-order valence-electron chi connectivity index (χ2n) is 5.66. The average molecular weight is 291 g/mol. The van der Waals surface area contributed by atoms with E-state index in [1.165, 1.54) is 12.8 Å². The molecule has 1 atom stereocenters. The highest BCUT2D eigenvalue weighted by molar-refractivity contribution is 5.93. The molecule has 0 aromatic heterocycles. The molecule has 5 nitrogen and oxygen atoms in total. The van der Waals surface area contributed by atoms with E-state index in [4.69, 9.17) is 5.11 Å². The third kappa shape index (κ3) is 4.63. The Hall–Kier alpha value is -1.75. The van der Waals surface area contributed by atoms with Gasteiger partial charge in [-0.05, 0) is 37.3 Å². The first kappa shape index (κ1) is 15.6. The number of nitrogens with zero attached hydrogens (tertiary/aromatic N) is 1. The first-order valence-corrected chi connectivity index (χ1v) is 7.70. The molecule has 1 saturated heterocycles. The van der Waals surface area contributed by atoms with Crippen LogP contribution in [0.15, 0.2) is 24.3 Å². The molecular formula is C16H25N3O2. The molecule has 116 valence electrons. The molecule has 1 fully saturated rings. The lowest BCUT2D eigenvalue weighted by Gasteiger charge is -2.21. The van der Waals surface area contributed by atoms with Crippen LogP contribution >= 0.6 is 0 Å². The zero-order valence-electron chi connectivity index (χ0n) is 12.6. The molecule has 1 unspecified atom stereocenters. The summed E-state index contributed by atoms with van der Waals surface area (Å²) >= 11 is 0. The van der Waals surface area contributed by atoms with Gasteiger partial charge in [0.2, 0.25) is 0 Å². The summed E-state index contributed by atoms with van der Waals surface area (Å²) in [6, 6.07) is 7.73. The van der Waals surface area contributed by atoms with Crippen LogP contribution in [-0.4, -0.2) is 37.4 Å². The normalized spacial score (nSPS) is 15.8. The van der Waals surface area contributed by atoms with Crippen molar-refractivity contribution in [1.82, 2.24) is 5.32 Å². The summed E-state index contributed by atoms with van der Waals surface area (Å²) in [5, 5.41) is 14.6. The number of para-hydroxylation sites is 2. The fourth-order valence-corrected chi connectivity index (χ4v) is 2.57. The minimum atomic E-state index is -0.188. The Morgan fingerprint density at radius 2 is 2.05 bits per heavy atom. The fraction of sp³-hybridized carbons (Fsp3) is 0.562. The van der Waals surface area contributed by atoms with E-state index in [9.17, 15) is 4.79 Å². The van der Waals surface area contributed by atoms with E-state index in [0.29, 0.717) is 13.0 Å². The SMILES string of the molecule is CC(CCO)CNC(=O)Nc1ccccc1N1CCCC1. The van der Waals surface area contributed by atoms with Gasteiger partial charge in [-0.15, -0.1) is 0 Å². The molecule has 0 aliphatic carbocycles. The number of carbonyl (C=O) groups excluding carboxylic acids is 1. The minimum Gasteiger partial charge on any atom is -0.396 e. The Morgan fingerprint density at radius 3 is 2.76 bits per heavy atom. The number of hydrogen-bond donors (Lipinski definition) is 3. The summed E-state index contributed by atoms with van der Waals surface area (Å²) < 4.78 is 0. The number of anilines is 2. The molecule has 0 radical (unpaired) electrons. The standard InChI is InChI=1S/C16H25N3O2/c1-13(8-11-20)12-17-16(21)18-14-6-2-3-7-15(14)19-9-4-5-10-19/h2-3,6-7,13,20H,4-5,8-12H2,1H3,(H2,17,18,21). The van der Waals surface area contributed by atoms with Gasteiger partial charge in [-0.25, -0.2) is 4.79 Å². The van der Waals surface area contributed by atoms with E-state index < -0.39 is 0 Å². The summed E-state index contributed by atoms with van der Waals surface area (Å²) in [6.07, 6.45) is 3.11. The van der Waals surface area contributed by atoms with Gasteiger partial charge >= 0.3 is 6.03 Å². The monoisotopic (exact) mass is 291 g/mol. The Morgan fingerprint density at radius 1 is 1.33 bits per heavy atom. The molecule has 1 aliphatic rings. The highest BCUT2D eigenvalue weighted by atomic mass is 16.3. The average Bonchev–Trinajstić information content (AvgIpc) is 3.00. The second kappa shape index (κ2) is 7.88. The van der Waals surface area contributed by atoms with Gasteiger partial charge in [-0.3, -0.25) is 0 Å². The van der Waals surface area contributed by atoms with E-state index in [-0.39, 0.29) is 18.6 Å². The molecule has 21 heavy (non-hydrogen) atoms. The van der Waals surface area contributed by atoms with E-state index in [2.05, 4.69) is 21.6 Å². The Kier molecular flexibility index (Phi) is 5.87. The number of benzene rings is 1. The van der Waals surface area contributed by atoms with Crippen LogP contribution < -0.4 is 15.5 Å². The van der Waals surface area contributed by atoms with E-state index >= 15 is 0 Å². The molecule has 1 aliphatic heterocycles. The number of urea groups is 1. The van der Waals surface area contributed by atoms with Crippen molar-refractivity contribution in [1.29, 1.82) is 0 Å². The van der Waals surface area contributed by atoms with E-state index in [1.54, 1.807) is 0 Å². The molecule has 0 saturated carbocycles. The van der Waals surface area contributed by atoms with E-state index in [0.717, 1.165) is 24.5 Å². The summed E-state index contributed by atoms with van der Waals surface area (Å²) in [7, 11) is 0. The lowest BCUT2D eigenvalue weighted by Crippen LogP contribution is -2.33. The van der Waals surface area contributed by atoms with Crippen molar-refractivity contribution >= 4 is 17.4 Å². The minimum absolute atomic E-state index is 0.155. The third-order valence-corrected chi connectivity index (χ3v) is 3.83. The summed E-state index contributed by atoms with van der Waals surface area (Å²) in [4.78, 5) is 14.3. The number of carbonyl (C=O) groups is 1. The van der Waals surface area contributed by atoms with Crippen LogP contribution in [0, 0.1) is 5.92 Å². The fourth-order valence-electron chi connectivity index (χ4n) is 2.57. The topological polar surface area (TPSA) is 64.6 Å². The van der Waals surface area contributed by atoms with Gasteiger partial charge in [0.25, 0.3) is 0 Å². The van der Waals surface area contributed by atoms with Crippen molar-refractivity contribution in [3.05, 3.63) is 24.3 Å². The van der Waals surface area contributed by atoms with Gasteiger partial charge in [0, 0.05) is 26.2 Å². The van der Waals surface area contributed by atoms with Crippen molar-refractivity contribution in [2.75, 3.05) is 36.5 Å². The number of hydrogen-bond acceptors (Lipinski definition) is 3. The molecule has 0 spiro atoms. The van der Waals surface area contributed by atoms with Gasteiger partial charge in [0.05, 0.1) is 11.4 Å². The van der Waals surface area contributed by atoms with Crippen molar-refractivity contribution < 1.29 is 9.90 Å². The summed E-state index contributed by atoms with van der Waals surface area (Å²) in [5.41, 5.74) is 1.94. The molecule has 3 N–H and O–H groups in total. The van der Waals surface area contributed by atoms with Crippen molar-refractivity contribution in [2.45, 2.75) is 26.2 Å².